The minimum Gasteiger partial charge on any atom is -0.376 e. The third kappa shape index (κ3) is 4.91. The number of amides is 1. The van der Waals surface area contributed by atoms with E-state index in [1.807, 2.05) is 12.1 Å². The first-order chi connectivity index (χ1) is 10.2. The Morgan fingerprint density at radius 3 is 2.24 bits per heavy atom. The number of carbonyl (C=O) groups is 1. The summed E-state index contributed by atoms with van der Waals surface area (Å²) in [4.78, 5) is 11.8. The number of hydrogen-bond acceptors (Lipinski definition) is 2. The molecule has 0 bridgehead atoms. The standard InChI is InChI=1S/C17H19FN2O/c1-2-3-13-4-8-15(9-5-13)19-12-17(21)20-16-10-6-14(18)7-11-16/h4-11,19H,2-3,12H2,1H3,(H,20,21). The molecule has 0 spiro atoms. The van der Waals surface area contributed by atoms with Crippen LogP contribution in [0, 0.1) is 5.82 Å². The average Bonchev–Trinajstić information content (AvgIpc) is 2.49. The molecule has 0 atom stereocenters. The van der Waals surface area contributed by atoms with E-state index in [9.17, 15) is 9.18 Å². The highest BCUT2D eigenvalue weighted by atomic mass is 19.1. The average molecular weight is 286 g/mol. The van der Waals surface area contributed by atoms with E-state index in [0.717, 1.165) is 18.5 Å². The van der Waals surface area contributed by atoms with Crippen LogP contribution in [0.25, 0.3) is 0 Å². The van der Waals surface area contributed by atoms with Gasteiger partial charge in [-0.3, -0.25) is 4.79 Å². The van der Waals surface area contributed by atoms with Crippen LogP contribution in [0.5, 0.6) is 0 Å². The molecule has 1 amide bonds. The summed E-state index contributed by atoms with van der Waals surface area (Å²) in [5.74, 6) is -0.488. The van der Waals surface area contributed by atoms with Crippen molar-refractivity contribution in [3.8, 4) is 0 Å². The molecule has 2 rings (SSSR count). The first kappa shape index (κ1) is 15.0. The lowest BCUT2D eigenvalue weighted by Crippen LogP contribution is -2.21. The summed E-state index contributed by atoms with van der Waals surface area (Å²) in [5, 5.41) is 5.76. The second-order valence-electron chi connectivity index (χ2n) is 4.86. The quantitative estimate of drug-likeness (QED) is 0.847. The Balaban J connectivity index is 1.81. The molecule has 0 heterocycles. The van der Waals surface area contributed by atoms with Crippen LogP contribution < -0.4 is 10.6 Å². The van der Waals surface area contributed by atoms with Crippen molar-refractivity contribution in [2.45, 2.75) is 19.8 Å². The van der Waals surface area contributed by atoms with Crippen LogP contribution in [0.1, 0.15) is 18.9 Å². The summed E-state index contributed by atoms with van der Waals surface area (Å²) >= 11 is 0. The molecule has 110 valence electrons. The number of rotatable bonds is 6. The normalized spacial score (nSPS) is 10.2. The number of hydrogen-bond donors (Lipinski definition) is 2. The largest absolute Gasteiger partial charge is 0.376 e. The molecule has 2 aromatic carbocycles. The zero-order valence-electron chi connectivity index (χ0n) is 12.0. The van der Waals surface area contributed by atoms with Gasteiger partial charge in [0.25, 0.3) is 0 Å². The van der Waals surface area contributed by atoms with E-state index in [1.54, 1.807) is 0 Å². The van der Waals surface area contributed by atoms with Crippen molar-refractivity contribution in [3.05, 3.63) is 59.9 Å². The highest BCUT2D eigenvalue weighted by Crippen LogP contribution is 2.11. The van der Waals surface area contributed by atoms with Crippen LogP contribution in [0.4, 0.5) is 15.8 Å². The maximum atomic E-state index is 12.8. The smallest absolute Gasteiger partial charge is 0.243 e. The Morgan fingerprint density at radius 1 is 1.00 bits per heavy atom. The molecular weight excluding hydrogens is 267 g/mol. The van der Waals surface area contributed by atoms with Crippen LogP contribution in [0.15, 0.2) is 48.5 Å². The van der Waals surface area contributed by atoms with Crippen LogP contribution in [-0.4, -0.2) is 12.5 Å². The van der Waals surface area contributed by atoms with Crippen LogP contribution in [0.2, 0.25) is 0 Å². The first-order valence-electron chi connectivity index (χ1n) is 7.05. The molecule has 2 aromatic rings. The fourth-order valence-corrected chi connectivity index (χ4v) is 2.00. The van der Waals surface area contributed by atoms with Gasteiger partial charge in [-0.05, 0) is 48.4 Å². The van der Waals surface area contributed by atoms with Gasteiger partial charge in [-0.1, -0.05) is 25.5 Å². The Bertz CT molecular complexity index is 579. The van der Waals surface area contributed by atoms with Gasteiger partial charge in [0.05, 0.1) is 6.54 Å². The molecule has 0 unspecified atom stereocenters. The molecule has 0 aliphatic rings. The van der Waals surface area contributed by atoms with Crippen molar-refractivity contribution in [1.82, 2.24) is 0 Å². The summed E-state index contributed by atoms with van der Waals surface area (Å²) in [7, 11) is 0. The van der Waals surface area contributed by atoms with Crippen LogP contribution in [-0.2, 0) is 11.2 Å². The highest BCUT2D eigenvalue weighted by Gasteiger charge is 2.02. The Kier molecular flexibility index (Phi) is 5.32. The summed E-state index contributed by atoms with van der Waals surface area (Å²) < 4.78 is 12.8. The molecular formula is C17H19FN2O. The van der Waals surface area contributed by atoms with E-state index < -0.39 is 0 Å². The third-order valence-corrected chi connectivity index (χ3v) is 3.07. The zero-order valence-corrected chi connectivity index (χ0v) is 12.0. The molecule has 0 fully saturated rings. The number of carbonyl (C=O) groups excluding carboxylic acids is 1. The van der Waals surface area contributed by atoms with Gasteiger partial charge in [-0.25, -0.2) is 4.39 Å². The molecule has 2 N–H and O–H groups in total. The van der Waals surface area contributed by atoms with Crippen LogP contribution in [0.3, 0.4) is 0 Å². The third-order valence-electron chi connectivity index (χ3n) is 3.07. The lowest BCUT2D eigenvalue weighted by molar-refractivity contribution is -0.114. The fourth-order valence-electron chi connectivity index (χ4n) is 2.00. The van der Waals surface area contributed by atoms with Gasteiger partial charge in [-0.2, -0.15) is 0 Å². The molecule has 0 saturated carbocycles. The van der Waals surface area contributed by atoms with E-state index in [0.29, 0.717) is 5.69 Å². The maximum absolute atomic E-state index is 12.8. The van der Waals surface area contributed by atoms with E-state index >= 15 is 0 Å². The van der Waals surface area contributed by atoms with Gasteiger partial charge in [0.15, 0.2) is 0 Å². The lowest BCUT2D eigenvalue weighted by Gasteiger charge is -2.08. The lowest BCUT2D eigenvalue weighted by atomic mass is 10.1. The summed E-state index contributed by atoms with van der Waals surface area (Å²) in [6, 6.07) is 13.8. The highest BCUT2D eigenvalue weighted by molar-refractivity contribution is 5.93. The van der Waals surface area contributed by atoms with E-state index in [-0.39, 0.29) is 18.3 Å². The second-order valence-corrected chi connectivity index (χ2v) is 4.86. The van der Waals surface area contributed by atoms with E-state index in [1.165, 1.54) is 29.8 Å². The SMILES string of the molecule is CCCc1ccc(NCC(=O)Nc2ccc(F)cc2)cc1. The summed E-state index contributed by atoms with van der Waals surface area (Å²) in [6.07, 6.45) is 2.18. The van der Waals surface area contributed by atoms with Gasteiger partial charge >= 0.3 is 0 Å². The molecule has 21 heavy (non-hydrogen) atoms. The van der Waals surface area contributed by atoms with Crippen molar-refractivity contribution in [2.24, 2.45) is 0 Å². The van der Waals surface area contributed by atoms with Crippen molar-refractivity contribution in [3.63, 3.8) is 0 Å². The van der Waals surface area contributed by atoms with Gasteiger partial charge in [0.2, 0.25) is 5.91 Å². The van der Waals surface area contributed by atoms with Crippen molar-refractivity contribution >= 4 is 17.3 Å². The molecule has 0 saturated heterocycles. The van der Waals surface area contributed by atoms with Crippen LogP contribution >= 0.6 is 0 Å². The summed E-state index contributed by atoms with van der Waals surface area (Å²) in [5.41, 5.74) is 2.78. The Hall–Kier alpha value is -2.36. The number of halogens is 1. The topological polar surface area (TPSA) is 41.1 Å². The molecule has 3 nitrogen and oxygen atoms in total. The Morgan fingerprint density at radius 2 is 1.62 bits per heavy atom. The minimum atomic E-state index is -0.321. The number of anilines is 2. The minimum absolute atomic E-state index is 0.167. The second kappa shape index (κ2) is 7.43. The molecule has 0 aromatic heterocycles. The molecule has 0 radical (unpaired) electrons. The summed E-state index contributed by atoms with van der Waals surface area (Å²) in [6.45, 7) is 2.32. The van der Waals surface area contributed by atoms with Gasteiger partial charge in [0, 0.05) is 11.4 Å². The van der Waals surface area contributed by atoms with Gasteiger partial charge < -0.3 is 10.6 Å². The first-order valence-corrected chi connectivity index (χ1v) is 7.05. The van der Waals surface area contributed by atoms with Gasteiger partial charge in [-0.15, -0.1) is 0 Å². The molecule has 4 heteroatoms. The van der Waals surface area contributed by atoms with Crippen molar-refractivity contribution < 1.29 is 9.18 Å². The predicted octanol–water partition coefficient (Wildman–Crippen LogP) is 3.83. The van der Waals surface area contributed by atoms with E-state index in [4.69, 9.17) is 0 Å². The van der Waals surface area contributed by atoms with Gasteiger partial charge in [0.1, 0.15) is 5.82 Å². The Labute approximate surface area is 124 Å². The van der Waals surface area contributed by atoms with E-state index in [2.05, 4.69) is 29.7 Å². The monoisotopic (exact) mass is 286 g/mol. The number of benzene rings is 2. The maximum Gasteiger partial charge on any atom is 0.243 e. The number of aryl methyl sites for hydroxylation is 1. The zero-order chi connectivity index (χ0) is 15.1. The molecule has 0 aliphatic carbocycles. The predicted molar refractivity (Wildman–Crippen MR) is 84.0 cm³/mol. The fraction of sp³-hybridized carbons (Fsp3) is 0.235. The molecule has 0 aliphatic heterocycles. The number of nitrogens with one attached hydrogen (secondary N) is 2. The van der Waals surface area contributed by atoms with Crippen molar-refractivity contribution in [2.75, 3.05) is 17.2 Å². The van der Waals surface area contributed by atoms with Crippen molar-refractivity contribution in [1.29, 1.82) is 0 Å².